The zero-order valence-electron chi connectivity index (χ0n) is 1.46. The van der Waals surface area contributed by atoms with E-state index in [0.717, 1.165) is 0 Å². The second kappa shape index (κ2) is 8.82. The molecule has 35 valence electrons. The summed E-state index contributed by atoms with van der Waals surface area (Å²) in [6, 6.07) is 0. The minimum atomic E-state index is -0.861. The molecule has 1 nitrogen and oxygen atoms in total. The summed E-state index contributed by atoms with van der Waals surface area (Å²) in [5.74, 6) is 0. The van der Waals surface area contributed by atoms with Gasteiger partial charge < -0.3 is 0 Å². The molecule has 0 aromatic heterocycles. The topological polar surface area (TPSA) is 17.1 Å². The summed E-state index contributed by atoms with van der Waals surface area (Å²) in [5.41, 5.74) is 0. The summed E-state index contributed by atoms with van der Waals surface area (Å²) in [6.45, 7) is 0. The number of hydrogen-bond acceptors (Lipinski definition) is 1. The van der Waals surface area contributed by atoms with E-state index in [0.29, 0.717) is 0 Å². The van der Waals surface area contributed by atoms with Gasteiger partial charge in [-0.05, 0) is 0 Å². The first-order valence-electron chi connectivity index (χ1n) is 0.210. The van der Waals surface area contributed by atoms with Crippen LogP contribution in [0.5, 0.6) is 0 Å². The van der Waals surface area contributed by atoms with E-state index in [4.69, 9.17) is 0.288 Å². The molecule has 0 radical (unpaired) electrons. The van der Waals surface area contributed by atoms with Crippen LogP contribution < -0.4 is 0 Å². The molecule has 0 fully saturated rings. The molecule has 0 aliphatic rings. The van der Waals surface area contributed by atoms with Crippen LogP contribution in [-0.4, -0.2) is 0 Å². The Hall–Kier alpha value is 1.54. The third kappa shape index (κ3) is 9.63. The molecule has 0 heterocycles. The summed E-state index contributed by atoms with van der Waals surface area (Å²) < 4.78 is 13.2. The first-order chi connectivity index (χ1) is 1.41. The molecule has 0 aromatic carbocycles. The van der Waals surface area contributed by atoms with Crippen LogP contribution in [0.1, 0.15) is 0 Å². The van der Waals surface area contributed by atoms with Crippen molar-refractivity contribution in [2.45, 2.75) is 0 Å². The van der Waals surface area contributed by atoms with Crippen LogP contribution in [0.25, 0.3) is 0 Å². The predicted molar refractivity (Wildman–Crippen MR) is 9.04 cm³/mol. The van der Waals surface area contributed by atoms with E-state index < -0.39 is 40.8 Å². The van der Waals surface area contributed by atoms with E-state index in [1.165, 1.54) is 0 Å². The monoisotopic (exact) mass is 245 g/mol. The Balaban J connectivity index is 0. The van der Waals surface area contributed by atoms with Crippen molar-refractivity contribution >= 4 is 4.63 Å². The Morgan fingerprint density at radius 2 is 1.75 bits per heavy atom. The molecule has 0 atom stereocenters. The van der Waals surface area contributed by atoms with Crippen LogP contribution in [0, 0.1) is 40.8 Å². The first-order valence-corrected chi connectivity index (χ1v) is 3.06. The Labute approximate surface area is 49.4 Å². The van der Waals surface area contributed by atoms with Crippen molar-refractivity contribution < 1.29 is 45.8 Å². The van der Waals surface area contributed by atoms with Crippen LogP contribution in [0.15, 0.2) is 0 Å². The molecule has 4 heteroatoms. The maximum absolute atomic E-state index is 8.75. The summed E-state index contributed by atoms with van der Waals surface area (Å²) in [7, 11) is 0. The van der Waals surface area contributed by atoms with Gasteiger partial charge >= 0.3 is 45.7 Å². The SMILES string of the molecule is F.[O]=[Yb][Cl]. The van der Waals surface area contributed by atoms with Gasteiger partial charge in [-0.25, -0.2) is 0 Å². The van der Waals surface area contributed by atoms with Crippen molar-refractivity contribution in [1.29, 1.82) is 0 Å². The third-order valence-corrected chi connectivity index (χ3v) is 0. The van der Waals surface area contributed by atoms with Gasteiger partial charge in [-0.1, -0.05) is 0 Å². The van der Waals surface area contributed by atoms with E-state index in [1.807, 2.05) is 0 Å². The van der Waals surface area contributed by atoms with Crippen molar-refractivity contribution in [3.8, 4) is 0 Å². The van der Waals surface area contributed by atoms with E-state index in [-0.39, 0.29) is 4.70 Å². The summed E-state index contributed by atoms with van der Waals surface area (Å²) in [6.07, 6.45) is 0. The normalized spacial score (nSPS) is 5.25. The molecule has 0 saturated carbocycles. The summed E-state index contributed by atoms with van der Waals surface area (Å²) >= 11 is -0.861. The third-order valence-electron chi connectivity index (χ3n) is 0. The molecule has 0 rings (SSSR count). The van der Waals surface area contributed by atoms with Crippen LogP contribution in [0.2, 0.25) is 0 Å². The van der Waals surface area contributed by atoms with E-state index >= 15 is 0 Å². The molecule has 4 heavy (non-hydrogen) atoms. The van der Waals surface area contributed by atoms with Crippen molar-refractivity contribution in [2.75, 3.05) is 0 Å². The van der Waals surface area contributed by atoms with Crippen molar-refractivity contribution in [3.05, 3.63) is 0 Å². The average molecular weight is 244 g/mol. The van der Waals surface area contributed by atoms with Crippen molar-refractivity contribution in [3.63, 3.8) is 0 Å². The molecular weight excluding hydrogens is 243 g/mol. The second-order valence-corrected chi connectivity index (χ2v) is 0.918. The number of halogens is 2. The zero-order valence-corrected chi connectivity index (χ0v) is 3.93. The van der Waals surface area contributed by atoms with Crippen LogP contribution in [0.3, 0.4) is 0 Å². The average Bonchev–Trinajstić information content (AvgIpc) is 0.918. The van der Waals surface area contributed by atoms with E-state index in [1.54, 1.807) is 0 Å². The first kappa shape index (κ1) is 9.11. The number of rotatable bonds is 0. The molecule has 0 spiro atoms. The van der Waals surface area contributed by atoms with Gasteiger partial charge in [-0.2, -0.15) is 0 Å². The zero-order chi connectivity index (χ0) is 2.71. The molecular formula is HClFOYb. The number of hydrogen-bond donors (Lipinski definition) is 0. The van der Waals surface area contributed by atoms with Crippen LogP contribution >= 0.6 is 4.63 Å². The fourth-order valence-corrected chi connectivity index (χ4v) is 0. The maximum atomic E-state index is 8.75. The summed E-state index contributed by atoms with van der Waals surface area (Å²) in [4.78, 5) is 0. The Bertz CT molecular complexity index is 15.5. The second-order valence-electron chi connectivity index (χ2n) is 0.0412. The fraction of sp³-hybridized carbons (Fsp3) is 0. The molecule has 0 aromatic rings. The molecule has 0 aliphatic carbocycles. The van der Waals surface area contributed by atoms with Crippen LogP contribution in [-0.2, 0) is 0.288 Å². The van der Waals surface area contributed by atoms with Gasteiger partial charge in [0.15, 0.2) is 0 Å². The Kier molecular flexibility index (Phi) is 20.1. The molecule has 0 aliphatic heterocycles. The predicted octanol–water partition coefficient (Wildman–Crippen LogP) is 0.723. The van der Waals surface area contributed by atoms with Crippen LogP contribution in [0.4, 0.5) is 4.70 Å². The summed E-state index contributed by atoms with van der Waals surface area (Å²) in [5, 5.41) is 0. The van der Waals surface area contributed by atoms with Gasteiger partial charge in [-0.15, -0.1) is 0 Å². The van der Waals surface area contributed by atoms with E-state index in [2.05, 4.69) is 4.63 Å². The quantitative estimate of drug-likeness (QED) is 0.614. The molecule has 0 amide bonds. The van der Waals surface area contributed by atoms with Gasteiger partial charge in [0.1, 0.15) is 0 Å². The van der Waals surface area contributed by atoms with E-state index in [9.17, 15) is 0 Å². The van der Waals surface area contributed by atoms with Gasteiger partial charge in [0, 0.05) is 0 Å². The van der Waals surface area contributed by atoms with Gasteiger partial charge in [-0.3, -0.25) is 4.70 Å². The molecule has 0 unspecified atom stereocenters. The fourth-order valence-electron chi connectivity index (χ4n) is 0. The van der Waals surface area contributed by atoms with Gasteiger partial charge in [0.05, 0.1) is 0 Å². The Morgan fingerprint density at radius 3 is 1.75 bits per heavy atom. The van der Waals surface area contributed by atoms with Gasteiger partial charge in [0.25, 0.3) is 0 Å². The van der Waals surface area contributed by atoms with Crippen molar-refractivity contribution in [2.24, 2.45) is 0 Å². The standard InChI is InChI=1S/ClH.FH.O.Yb/h2*1H;;/q;;;+1/p-1. The molecule has 0 saturated heterocycles. The van der Waals surface area contributed by atoms with Crippen molar-refractivity contribution in [1.82, 2.24) is 0 Å². The molecule has 0 N–H and O–H groups in total. The molecule has 0 bridgehead atoms. The Morgan fingerprint density at radius 1 is 1.75 bits per heavy atom. The van der Waals surface area contributed by atoms with Gasteiger partial charge in [0.2, 0.25) is 0 Å². The minimum absolute atomic E-state index is 0.